The lowest BCUT2D eigenvalue weighted by atomic mass is 9.95. The number of alkyl halides is 1. The van der Waals surface area contributed by atoms with E-state index in [9.17, 15) is 13.8 Å². The Labute approximate surface area is 204 Å². The first-order valence-corrected chi connectivity index (χ1v) is 12.9. The van der Waals surface area contributed by atoms with Crippen molar-refractivity contribution in [3.05, 3.63) is 95.6 Å². The highest BCUT2D eigenvalue weighted by atomic mass is 31.2. The number of ether oxygens (including phenoxy) is 1. The average molecular weight is 498 g/mol. The molecular formula is C26H28FN2O5P. The minimum Gasteiger partial charge on any atom is -0.497 e. The Hall–Kier alpha value is -3.03. The molecule has 2 atom stereocenters. The third-order valence-electron chi connectivity index (χ3n) is 5.86. The summed E-state index contributed by atoms with van der Waals surface area (Å²) in [7, 11) is -2.30. The Bertz CT molecular complexity index is 1180. The average Bonchev–Trinajstić information content (AvgIpc) is 2.91. The van der Waals surface area contributed by atoms with Crippen LogP contribution in [0.5, 0.6) is 5.75 Å². The molecule has 3 aromatic carbocycles. The van der Waals surface area contributed by atoms with E-state index in [1.54, 1.807) is 24.3 Å². The van der Waals surface area contributed by atoms with Gasteiger partial charge in [0.1, 0.15) is 18.5 Å². The van der Waals surface area contributed by atoms with E-state index in [-0.39, 0.29) is 19.8 Å². The number of methoxy groups -OCH3 is 1. The highest BCUT2D eigenvalue weighted by Crippen LogP contribution is 2.53. The van der Waals surface area contributed by atoms with E-state index in [1.807, 2.05) is 54.6 Å². The van der Waals surface area contributed by atoms with Crippen LogP contribution in [0.25, 0.3) is 0 Å². The van der Waals surface area contributed by atoms with Crippen molar-refractivity contribution in [2.75, 3.05) is 20.4 Å². The summed E-state index contributed by atoms with van der Waals surface area (Å²) in [5.41, 5.74) is 5.31. The Kier molecular flexibility index (Phi) is 8.31. The summed E-state index contributed by atoms with van der Waals surface area (Å²) in [5, 5.41) is 0.356. The number of carbonyl (C=O) groups excluding carboxylic acids is 1. The normalized spacial score (nSPS) is 17.3. The summed E-state index contributed by atoms with van der Waals surface area (Å²) in [4.78, 5) is 18.8. The van der Waals surface area contributed by atoms with Crippen LogP contribution >= 0.6 is 7.52 Å². The van der Waals surface area contributed by atoms with Crippen LogP contribution in [0.1, 0.15) is 16.7 Å². The highest BCUT2D eigenvalue weighted by molar-refractivity contribution is 7.64. The zero-order valence-corrected chi connectivity index (χ0v) is 20.3. The van der Waals surface area contributed by atoms with Crippen molar-refractivity contribution in [1.82, 2.24) is 10.2 Å². The molecule has 0 saturated heterocycles. The van der Waals surface area contributed by atoms with Gasteiger partial charge in [-0.15, -0.1) is 0 Å². The number of benzene rings is 3. The highest BCUT2D eigenvalue weighted by Gasteiger charge is 2.44. The van der Waals surface area contributed by atoms with Gasteiger partial charge in [-0.2, -0.15) is 0 Å². The van der Waals surface area contributed by atoms with E-state index < -0.39 is 26.1 Å². The second kappa shape index (κ2) is 11.6. The van der Waals surface area contributed by atoms with E-state index in [4.69, 9.17) is 14.1 Å². The van der Waals surface area contributed by atoms with Crippen molar-refractivity contribution in [1.29, 1.82) is 0 Å². The van der Waals surface area contributed by atoms with Gasteiger partial charge in [0.15, 0.2) is 0 Å². The number of nitrogens with one attached hydrogen (secondary N) is 1. The second-order valence-electron chi connectivity index (χ2n) is 8.07. The number of halogens is 1. The van der Waals surface area contributed by atoms with Gasteiger partial charge in [-0.3, -0.25) is 14.2 Å². The molecule has 0 aromatic heterocycles. The van der Waals surface area contributed by atoms with Crippen LogP contribution in [0.15, 0.2) is 78.9 Å². The maximum absolute atomic E-state index is 14.4. The van der Waals surface area contributed by atoms with E-state index in [1.165, 1.54) is 11.8 Å². The topological polar surface area (TPSA) is 77.1 Å². The number of fused-ring (bicyclic) bond motifs is 1. The van der Waals surface area contributed by atoms with Gasteiger partial charge in [0.05, 0.1) is 25.6 Å². The van der Waals surface area contributed by atoms with Crippen molar-refractivity contribution in [3.8, 4) is 5.75 Å². The Morgan fingerprint density at radius 3 is 2.40 bits per heavy atom. The molecule has 3 aromatic rings. The molecule has 1 heterocycles. The van der Waals surface area contributed by atoms with Gasteiger partial charge >= 0.3 is 7.52 Å². The molecule has 1 N–H and O–H groups in total. The van der Waals surface area contributed by atoms with Gasteiger partial charge in [0.25, 0.3) is 5.91 Å². The first-order valence-electron chi connectivity index (χ1n) is 11.3. The maximum atomic E-state index is 14.4. The summed E-state index contributed by atoms with van der Waals surface area (Å²) in [6, 6.07) is 22.8. The molecule has 0 bridgehead atoms. The third-order valence-corrected chi connectivity index (χ3v) is 8.44. The van der Waals surface area contributed by atoms with Crippen LogP contribution in [-0.4, -0.2) is 37.0 Å². The minimum atomic E-state index is -3.83. The summed E-state index contributed by atoms with van der Waals surface area (Å²) >= 11 is 0. The van der Waals surface area contributed by atoms with Gasteiger partial charge in [0.2, 0.25) is 0 Å². The molecule has 9 heteroatoms. The van der Waals surface area contributed by atoms with Crippen molar-refractivity contribution in [2.24, 2.45) is 0 Å². The molecule has 7 nitrogen and oxygen atoms in total. The molecule has 0 radical (unpaired) electrons. The van der Waals surface area contributed by atoms with Crippen molar-refractivity contribution in [2.45, 2.75) is 25.6 Å². The number of amides is 1. The van der Waals surface area contributed by atoms with Gasteiger partial charge in [-0.25, -0.2) is 14.5 Å². The lowest BCUT2D eigenvalue weighted by Crippen LogP contribution is -2.50. The number of hydrogen-bond donors (Lipinski definition) is 1. The molecule has 35 heavy (non-hydrogen) atoms. The van der Waals surface area contributed by atoms with Crippen LogP contribution in [0, 0.1) is 0 Å². The fourth-order valence-corrected chi connectivity index (χ4v) is 6.40. The molecule has 184 valence electrons. The van der Waals surface area contributed by atoms with Gasteiger partial charge < -0.3 is 9.26 Å². The van der Waals surface area contributed by atoms with Crippen LogP contribution in [0.4, 0.5) is 4.39 Å². The fourth-order valence-electron chi connectivity index (χ4n) is 4.07. The molecule has 1 unspecified atom stereocenters. The predicted molar refractivity (Wildman–Crippen MR) is 131 cm³/mol. The van der Waals surface area contributed by atoms with E-state index in [0.29, 0.717) is 17.5 Å². The first-order chi connectivity index (χ1) is 17.0. The van der Waals surface area contributed by atoms with Crippen LogP contribution in [0.2, 0.25) is 0 Å². The smallest absolute Gasteiger partial charge is 0.303 e. The standard InChI is InChI=1S/C26H28FN2O5P/c1-32-23-11-13-24(14-12-23)35(31,34-16-15-27)29-18-22-10-6-5-9-21(22)17-25(29)26(30)28-33-19-20-7-3-2-4-8-20/h2-14,25H,15-19H2,1H3,(H,28,30)/t25-,35?/m1/s1. The number of carbonyl (C=O) groups is 1. The molecule has 4 rings (SSSR count). The monoisotopic (exact) mass is 498 g/mol. The number of rotatable bonds is 10. The number of hydroxylamine groups is 1. The van der Waals surface area contributed by atoms with Gasteiger partial charge in [0, 0.05) is 6.54 Å². The quantitative estimate of drug-likeness (QED) is 0.334. The third kappa shape index (κ3) is 5.80. The van der Waals surface area contributed by atoms with E-state index in [0.717, 1.165) is 16.7 Å². The Morgan fingerprint density at radius 1 is 1.03 bits per heavy atom. The fraction of sp³-hybridized carbons (Fsp3) is 0.269. The Morgan fingerprint density at radius 2 is 1.71 bits per heavy atom. The van der Waals surface area contributed by atoms with Crippen LogP contribution in [-0.2, 0) is 38.3 Å². The van der Waals surface area contributed by atoms with Crippen molar-refractivity contribution < 1.29 is 27.8 Å². The van der Waals surface area contributed by atoms with Crippen LogP contribution in [0.3, 0.4) is 0 Å². The largest absolute Gasteiger partial charge is 0.497 e. The first kappa shape index (κ1) is 25.1. The lowest BCUT2D eigenvalue weighted by Gasteiger charge is -2.40. The Balaban J connectivity index is 1.63. The molecule has 1 aliphatic rings. The minimum absolute atomic E-state index is 0.185. The number of hydrogen-bond acceptors (Lipinski definition) is 5. The summed E-state index contributed by atoms with van der Waals surface area (Å²) in [6.45, 7) is -0.783. The molecule has 1 aliphatic heterocycles. The zero-order valence-electron chi connectivity index (χ0n) is 19.4. The molecule has 0 spiro atoms. The molecule has 0 saturated carbocycles. The summed E-state index contributed by atoms with van der Waals surface area (Å²) in [5.74, 6) is 0.131. The molecule has 0 aliphatic carbocycles. The second-order valence-corrected chi connectivity index (χ2v) is 10.4. The maximum Gasteiger partial charge on any atom is 0.303 e. The van der Waals surface area contributed by atoms with Crippen molar-refractivity contribution >= 4 is 18.7 Å². The van der Waals surface area contributed by atoms with Crippen molar-refractivity contribution in [3.63, 3.8) is 0 Å². The molecular weight excluding hydrogens is 470 g/mol. The summed E-state index contributed by atoms with van der Waals surface area (Å²) < 4.78 is 40.0. The molecule has 1 amide bonds. The van der Waals surface area contributed by atoms with Gasteiger partial charge in [-0.1, -0.05) is 54.6 Å². The molecule has 0 fully saturated rings. The van der Waals surface area contributed by atoms with E-state index in [2.05, 4.69) is 5.48 Å². The summed E-state index contributed by atoms with van der Waals surface area (Å²) in [6.07, 6.45) is 0.301. The van der Waals surface area contributed by atoms with E-state index >= 15 is 0 Å². The van der Waals surface area contributed by atoms with Crippen LogP contribution < -0.4 is 15.5 Å². The SMILES string of the molecule is COc1ccc(P(=O)(OCCF)N2Cc3ccccc3C[C@@H]2C(=O)NOCc2ccccc2)cc1. The lowest BCUT2D eigenvalue weighted by molar-refractivity contribution is -0.139. The predicted octanol–water partition coefficient (Wildman–Crippen LogP) is 4.17. The zero-order chi connectivity index (χ0) is 24.7. The van der Waals surface area contributed by atoms with Gasteiger partial charge in [-0.05, 0) is 47.4 Å². The number of nitrogens with zero attached hydrogens (tertiary/aromatic N) is 1.